The van der Waals surface area contributed by atoms with Gasteiger partial charge in [-0.15, -0.1) is 0 Å². The van der Waals surface area contributed by atoms with Gasteiger partial charge in [0.15, 0.2) is 0 Å². The van der Waals surface area contributed by atoms with Gasteiger partial charge in [0.1, 0.15) is 0 Å². The third kappa shape index (κ3) is 4.19. The molecule has 1 saturated heterocycles. The van der Waals surface area contributed by atoms with Gasteiger partial charge in [0, 0.05) is 38.8 Å². The molecule has 0 spiro atoms. The lowest BCUT2D eigenvalue weighted by Crippen LogP contribution is -2.41. The second-order valence-corrected chi connectivity index (χ2v) is 6.75. The van der Waals surface area contributed by atoms with Gasteiger partial charge in [0.25, 0.3) is 0 Å². The van der Waals surface area contributed by atoms with Crippen molar-refractivity contribution in [2.24, 2.45) is 23.5 Å². The minimum absolute atomic E-state index is 0.117. The first kappa shape index (κ1) is 15.8. The van der Waals surface area contributed by atoms with Crippen LogP contribution in [0.15, 0.2) is 0 Å². The van der Waals surface area contributed by atoms with Crippen LogP contribution in [0.5, 0.6) is 0 Å². The molecule has 116 valence electrons. The molecule has 20 heavy (non-hydrogen) atoms. The molecule has 2 fully saturated rings. The molecule has 2 aliphatic rings. The van der Waals surface area contributed by atoms with Gasteiger partial charge in [0.2, 0.25) is 5.91 Å². The van der Waals surface area contributed by atoms with Crippen LogP contribution in [0.4, 0.5) is 0 Å². The number of nitrogens with two attached hydrogens (primary N) is 1. The van der Waals surface area contributed by atoms with E-state index in [2.05, 4.69) is 6.92 Å². The second-order valence-electron chi connectivity index (χ2n) is 6.75. The van der Waals surface area contributed by atoms with Crippen LogP contribution in [0.1, 0.15) is 45.4 Å². The molecule has 1 aliphatic heterocycles. The number of carbonyl (C=O) groups excluding carboxylic acids is 1. The number of hydrogen-bond acceptors (Lipinski definition) is 3. The van der Waals surface area contributed by atoms with E-state index in [0.717, 1.165) is 51.9 Å². The Morgan fingerprint density at radius 1 is 1.30 bits per heavy atom. The van der Waals surface area contributed by atoms with E-state index in [9.17, 15) is 4.79 Å². The molecular formula is C16H30N2O2. The molecule has 0 bridgehead atoms. The van der Waals surface area contributed by atoms with Crippen molar-refractivity contribution in [3.05, 3.63) is 0 Å². The lowest BCUT2D eigenvalue weighted by atomic mass is 9.78. The van der Waals surface area contributed by atoms with Gasteiger partial charge in [-0.3, -0.25) is 4.79 Å². The number of hydrogen-bond donors (Lipinski definition) is 1. The van der Waals surface area contributed by atoms with E-state index in [1.54, 1.807) is 0 Å². The number of carbonyl (C=O) groups is 1. The Labute approximate surface area is 123 Å². The topological polar surface area (TPSA) is 55.6 Å². The van der Waals surface area contributed by atoms with Crippen LogP contribution in [0.2, 0.25) is 0 Å². The fourth-order valence-corrected chi connectivity index (χ4v) is 3.68. The first-order valence-corrected chi connectivity index (χ1v) is 8.16. The number of nitrogens with zero attached hydrogens (tertiary/aromatic N) is 1. The van der Waals surface area contributed by atoms with Gasteiger partial charge in [-0.05, 0) is 43.9 Å². The zero-order valence-electron chi connectivity index (χ0n) is 13.0. The quantitative estimate of drug-likeness (QED) is 0.858. The molecule has 1 amide bonds. The standard InChI is InChI=1S/C16H30N2O2/c1-12(14-4-3-5-15(17)10-14)16(19)18(2)11-13-6-8-20-9-7-13/h12-15H,3-11,17H2,1-2H3. The van der Waals surface area contributed by atoms with Gasteiger partial charge < -0.3 is 15.4 Å². The smallest absolute Gasteiger partial charge is 0.225 e. The Kier molecular flexibility index (Phi) is 5.85. The van der Waals surface area contributed by atoms with E-state index >= 15 is 0 Å². The highest BCUT2D eigenvalue weighted by Crippen LogP contribution is 2.30. The molecule has 0 radical (unpaired) electrons. The van der Waals surface area contributed by atoms with Crippen LogP contribution < -0.4 is 5.73 Å². The van der Waals surface area contributed by atoms with Crippen molar-refractivity contribution in [2.45, 2.75) is 51.5 Å². The zero-order valence-corrected chi connectivity index (χ0v) is 13.0. The van der Waals surface area contributed by atoms with Gasteiger partial charge in [-0.1, -0.05) is 13.3 Å². The van der Waals surface area contributed by atoms with Crippen LogP contribution in [0, 0.1) is 17.8 Å². The Morgan fingerprint density at radius 2 is 2.00 bits per heavy atom. The summed E-state index contributed by atoms with van der Waals surface area (Å²) in [7, 11) is 1.96. The predicted octanol–water partition coefficient (Wildman–Crippen LogP) is 2.02. The number of ether oxygens (including phenoxy) is 1. The second kappa shape index (κ2) is 7.41. The van der Waals surface area contributed by atoms with Crippen LogP contribution in [-0.4, -0.2) is 43.7 Å². The van der Waals surface area contributed by atoms with E-state index in [-0.39, 0.29) is 5.92 Å². The monoisotopic (exact) mass is 282 g/mol. The Balaban J connectivity index is 1.82. The molecule has 2 N–H and O–H groups in total. The largest absolute Gasteiger partial charge is 0.381 e. The minimum atomic E-state index is 0.117. The fraction of sp³-hybridized carbons (Fsp3) is 0.938. The molecule has 0 aromatic rings. The highest BCUT2D eigenvalue weighted by atomic mass is 16.5. The van der Waals surface area contributed by atoms with Gasteiger partial charge in [-0.25, -0.2) is 0 Å². The van der Waals surface area contributed by atoms with Crippen molar-refractivity contribution in [3.8, 4) is 0 Å². The Hall–Kier alpha value is -0.610. The van der Waals surface area contributed by atoms with Gasteiger partial charge >= 0.3 is 0 Å². The highest BCUT2D eigenvalue weighted by molar-refractivity contribution is 5.78. The third-order valence-corrected chi connectivity index (χ3v) is 5.10. The normalized spacial score (nSPS) is 29.9. The Morgan fingerprint density at radius 3 is 2.65 bits per heavy atom. The van der Waals surface area contributed by atoms with E-state index in [4.69, 9.17) is 10.5 Å². The predicted molar refractivity (Wildman–Crippen MR) is 80.3 cm³/mol. The lowest BCUT2D eigenvalue weighted by Gasteiger charge is -2.34. The summed E-state index contributed by atoms with van der Waals surface area (Å²) in [5.74, 6) is 1.50. The molecule has 4 nitrogen and oxygen atoms in total. The molecule has 1 saturated carbocycles. The fourth-order valence-electron chi connectivity index (χ4n) is 3.68. The SMILES string of the molecule is CC(C(=O)N(C)CC1CCOCC1)C1CCCC(N)C1. The first-order chi connectivity index (χ1) is 9.58. The lowest BCUT2D eigenvalue weighted by molar-refractivity contribution is -0.136. The summed E-state index contributed by atoms with van der Waals surface area (Å²) in [4.78, 5) is 14.5. The molecular weight excluding hydrogens is 252 g/mol. The maximum absolute atomic E-state index is 12.6. The summed E-state index contributed by atoms with van der Waals surface area (Å²) in [5, 5.41) is 0. The number of rotatable bonds is 4. The van der Waals surface area contributed by atoms with Crippen molar-refractivity contribution < 1.29 is 9.53 Å². The molecule has 0 aromatic heterocycles. The molecule has 3 unspecified atom stereocenters. The van der Waals surface area contributed by atoms with E-state index in [1.165, 1.54) is 6.42 Å². The maximum atomic E-state index is 12.6. The van der Waals surface area contributed by atoms with Crippen molar-refractivity contribution in [1.82, 2.24) is 4.90 Å². The average Bonchev–Trinajstić information content (AvgIpc) is 2.46. The van der Waals surface area contributed by atoms with Crippen LogP contribution in [-0.2, 0) is 9.53 Å². The summed E-state index contributed by atoms with van der Waals surface area (Å²) >= 11 is 0. The molecule has 2 rings (SSSR count). The highest BCUT2D eigenvalue weighted by Gasteiger charge is 2.30. The van der Waals surface area contributed by atoms with Crippen LogP contribution in [0.25, 0.3) is 0 Å². The van der Waals surface area contributed by atoms with Crippen LogP contribution >= 0.6 is 0 Å². The molecule has 3 atom stereocenters. The summed E-state index contributed by atoms with van der Waals surface area (Å²) < 4.78 is 5.38. The molecule has 1 aliphatic carbocycles. The first-order valence-electron chi connectivity index (χ1n) is 8.16. The average molecular weight is 282 g/mol. The number of amides is 1. The summed E-state index contributed by atoms with van der Waals surface area (Å²) in [6.45, 7) is 4.66. The van der Waals surface area contributed by atoms with Gasteiger partial charge in [-0.2, -0.15) is 0 Å². The minimum Gasteiger partial charge on any atom is -0.381 e. The zero-order chi connectivity index (χ0) is 14.5. The van der Waals surface area contributed by atoms with E-state index in [0.29, 0.717) is 23.8 Å². The summed E-state index contributed by atoms with van der Waals surface area (Å²) in [6.07, 6.45) is 6.63. The van der Waals surface area contributed by atoms with Crippen LogP contribution in [0.3, 0.4) is 0 Å². The molecule has 0 aromatic carbocycles. The van der Waals surface area contributed by atoms with Crippen molar-refractivity contribution in [3.63, 3.8) is 0 Å². The maximum Gasteiger partial charge on any atom is 0.225 e. The van der Waals surface area contributed by atoms with Crippen molar-refractivity contribution >= 4 is 5.91 Å². The third-order valence-electron chi connectivity index (χ3n) is 5.10. The molecule has 1 heterocycles. The Bertz CT molecular complexity index is 316. The van der Waals surface area contributed by atoms with E-state index < -0.39 is 0 Å². The van der Waals surface area contributed by atoms with Gasteiger partial charge in [0.05, 0.1) is 0 Å². The molecule has 4 heteroatoms. The van der Waals surface area contributed by atoms with Crippen molar-refractivity contribution in [1.29, 1.82) is 0 Å². The van der Waals surface area contributed by atoms with Crippen molar-refractivity contribution in [2.75, 3.05) is 26.8 Å². The summed E-state index contributed by atoms with van der Waals surface area (Å²) in [5.41, 5.74) is 6.05. The summed E-state index contributed by atoms with van der Waals surface area (Å²) in [6, 6.07) is 0.296. The van der Waals surface area contributed by atoms with E-state index in [1.807, 2.05) is 11.9 Å².